The monoisotopic (exact) mass is 319 g/mol. The Morgan fingerprint density at radius 2 is 1.67 bits per heavy atom. The number of carboxylic acids is 1. The Morgan fingerprint density at radius 3 is 1.73 bits per heavy atom. The van der Waals surface area contributed by atoms with Gasteiger partial charge in [0.1, 0.15) is 0 Å². The molecule has 1 N–H and O–H groups in total. The van der Waals surface area contributed by atoms with Crippen molar-refractivity contribution < 1.29 is 9.90 Å². The average molecular weight is 318 g/mol. The number of carboxylic acid groups (broad SMARTS) is 1. The molecule has 0 aromatic carbocycles. The van der Waals surface area contributed by atoms with Crippen LogP contribution in [0.2, 0.25) is 3.43 Å². The molecule has 0 spiro atoms. The van der Waals surface area contributed by atoms with Gasteiger partial charge in [0.2, 0.25) is 0 Å². The predicted octanol–water partition coefficient (Wildman–Crippen LogP) is 3.58. The Bertz CT molecular complexity index is 184. The summed E-state index contributed by atoms with van der Waals surface area (Å²) in [5.41, 5.74) is 0.176. The molecule has 0 saturated heterocycles. The van der Waals surface area contributed by atoms with Crippen molar-refractivity contribution in [3.8, 4) is 0 Å². The van der Waals surface area contributed by atoms with Crippen molar-refractivity contribution in [1.29, 1.82) is 0 Å². The Hall–Kier alpha value is 0.00870. The Labute approximate surface area is 107 Å². The fraction of sp³-hybridized carbons (Fsp3) is 0.750. The quantitative estimate of drug-likeness (QED) is 0.621. The van der Waals surface area contributed by atoms with Gasteiger partial charge in [-0.25, -0.2) is 4.79 Å². The van der Waals surface area contributed by atoms with Gasteiger partial charge in [0.05, 0.1) is 0 Å². The van der Waals surface area contributed by atoms with Crippen molar-refractivity contribution in [1.82, 2.24) is 0 Å². The molecule has 0 aromatic rings. The summed E-state index contributed by atoms with van der Waals surface area (Å²) in [4.78, 5) is 9.60. The molecule has 3 radical (unpaired) electrons. The molecule has 0 aliphatic heterocycles. The van der Waals surface area contributed by atoms with E-state index in [0.29, 0.717) is 0 Å². The zero-order valence-corrected chi connectivity index (χ0v) is 13.2. The molecule has 0 heterocycles. The van der Waals surface area contributed by atoms with Crippen molar-refractivity contribution in [3.63, 3.8) is 0 Å². The maximum atomic E-state index is 9.60. The second kappa shape index (κ2) is 9.25. The normalized spacial score (nSPS) is 10.2. The van der Waals surface area contributed by atoms with Crippen LogP contribution in [-0.4, -0.2) is 33.6 Å². The van der Waals surface area contributed by atoms with Crippen LogP contribution < -0.4 is 0 Å². The molecule has 0 rings (SSSR count). The number of hydrogen-bond donors (Lipinski definition) is 1. The third kappa shape index (κ3) is 10.3. The van der Waals surface area contributed by atoms with E-state index < -0.39 is 5.97 Å². The molecule has 87 valence electrons. The fourth-order valence-electron chi connectivity index (χ4n) is 1.08. The van der Waals surface area contributed by atoms with E-state index in [0.717, 1.165) is 3.43 Å². The van der Waals surface area contributed by atoms with Crippen LogP contribution in [0.15, 0.2) is 12.2 Å². The molecule has 0 amide bonds. The van der Waals surface area contributed by atoms with Gasteiger partial charge in [-0.15, -0.1) is 0 Å². The second-order valence-electron chi connectivity index (χ2n) is 3.82. The SMILES string of the molecule is C=C(C)C(=O)O.CCC[C]([Sn])(CC)CC. The summed E-state index contributed by atoms with van der Waals surface area (Å²) in [7, 11) is 0. The van der Waals surface area contributed by atoms with Crippen LogP contribution in [0.5, 0.6) is 0 Å². The van der Waals surface area contributed by atoms with Crippen molar-refractivity contribution >= 4 is 28.5 Å². The molecule has 0 atom stereocenters. The van der Waals surface area contributed by atoms with Crippen molar-refractivity contribution in [2.24, 2.45) is 0 Å². The third-order valence-corrected chi connectivity index (χ3v) is 5.18. The van der Waals surface area contributed by atoms with E-state index in [2.05, 4.69) is 27.4 Å². The minimum atomic E-state index is -0.935. The molecule has 0 aliphatic rings. The van der Waals surface area contributed by atoms with Gasteiger partial charge >= 0.3 is 78.4 Å². The zero-order chi connectivity index (χ0) is 12.5. The van der Waals surface area contributed by atoms with E-state index in [4.69, 9.17) is 5.11 Å². The molecule has 0 aliphatic carbocycles. The summed E-state index contributed by atoms with van der Waals surface area (Å²) in [5, 5.41) is 7.89. The maximum absolute atomic E-state index is 9.60. The molecule has 0 fully saturated rings. The van der Waals surface area contributed by atoms with Gasteiger partial charge in [0.15, 0.2) is 0 Å². The summed E-state index contributed by atoms with van der Waals surface area (Å²) < 4.78 is 0.724. The molecule has 0 saturated carbocycles. The van der Waals surface area contributed by atoms with Crippen molar-refractivity contribution in [3.05, 3.63) is 12.2 Å². The van der Waals surface area contributed by atoms with Crippen LogP contribution in [0.4, 0.5) is 0 Å². The Balaban J connectivity index is 0. The molecule has 0 bridgehead atoms. The summed E-state index contributed by atoms with van der Waals surface area (Å²) in [6.45, 7) is 11.5. The van der Waals surface area contributed by atoms with Gasteiger partial charge in [-0.3, -0.25) is 0 Å². The van der Waals surface area contributed by atoms with E-state index in [1.165, 1.54) is 32.6 Å². The van der Waals surface area contributed by atoms with Crippen molar-refractivity contribution in [2.75, 3.05) is 0 Å². The van der Waals surface area contributed by atoms with Gasteiger partial charge in [0, 0.05) is 5.57 Å². The fourth-order valence-corrected chi connectivity index (χ4v) is 1.80. The third-order valence-electron chi connectivity index (χ3n) is 2.45. The molecular weight excluding hydrogens is 295 g/mol. The summed E-state index contributed by atoms with van der Waals surface area (Å²) in [5.74, 6) is -0.935. The zero-order valence-electron chi connectivity index (χ0n) is 10.4. The van der Waals surface area contributed by atoms with Gasteiger partial charge in [-0.2, -0.15) is 0 Å². The summed E-state index contributed by atoms with van der Waals surface area (Å²) in [6.07, 6.45) is 5.52. The van der Waals surface area contributed by atoms with E-state index in [-0.39, 0.29) is 5.57 Å². The first-order valence-electron chi connectivity index (χ1n) is 5.46. The van der Waals surface area contributed by atoms with Gasteiger partial charge in [0.25, 0.3) is 0 Å². The van der Waals surface area contributed by atoms with Crippen LogP contribution in [0, 0.1) is 0 Å². The van der Waals surface area contributed by atoms with E-state index in [1.54, 1.807) is 22.5 Å². The second-order valence-corrected chi connectivity index (χ2v) is 6.85. The molecule has 2 nitrogen and oxygen atoms in total. The van der Waals surface area contributed by atoms with Gasteiger partial charge in [-0.05, 0) is 6.92 Å². The first-order chi connectivity index (χ1) is 6.82. The van der Waals surface area contributed by atoms with E-state index >= 15 is 0 Å². The van der Waals surface area contributed by atoms with Crippen molar-refractivity contribution in [2.45, 2.75) is 56.8 Å². The minimum absolute atomic E-state index is 0.176. The number of rotatable bonds is 5. The molecule has 0 aromatic heterocycles. The first kappa shape index (κ1) is 17.4. The summed E-state index contributed by atoms with van der Waals surface area (Å²) in [6, 6.07) is 0. The van der Waals surface area contributed by atoms with E-state index in [1.807, 2.05) is 0 Å². The topological polar surface area (TPSA) is 37.3 Å². The van der Waals surface area contributed by atoms with Crippen LogP contribution in [0.3, 0.4) is 0 Å². The van der Waals surface area contributed by atoms with Gasteiger partial charge in [-0.1, -0.05) is 6.58 Å². The predicted molar refractivity (Wildman–Crippen MR) is 66.4 cm³/mol. The van der Waals surface area contributed by atoms with Crippen LogP contribution in [0.1, 0.15) is 53.4 Å². The van der Waals surface area contributed by atoms with Crippen LogP contribution in [0.25, 0.3) is 0 Å². The molecular formula is C12H23O2Sn. The Morgan fingerprint density at radius 1 is 1.33 bits per heavy atom. The Kier molecular flexibility index (Phi) is 10.7. The van der Waals surface area contributed by atoms with Crippen LogP contribution in [-0.2, 0) is 4.79 Å². The van der Waals surface area contributed by atoms with Gasteiger partial charge < -0.3 is 5.11 Å². The number of carbonyl (C=O) groups is 1. The summed E-state index contributed by atoms with van der Waals surface area (Å²) >= 11 is 1.73. The number of aliphatic carboxylic acids is 1. The molecule has 15 heavy (non-hydrogen) atoms. The average Bonchev–Trinajstić information content (AvgIpc) is 2.19. The first-order valence-corrected chi connectivity index (χ1v) is 6.89. The molecule has 3 heteroatoms. The standard InChI is InChI=1S/C8H17.C4H6O2.Sn/c1-4-7-8(5-2)6-3;1-3(2)4(5)6;/h4-7H2,1-3H3;1H2,2H3,(H,5,6);. The van der Waals surface area contributed by atoms with E-state index in [9.17, 15) is 4.79 Å². The van der Waals surface area contributed by atoms with Crippen LogP contribution >= 0.6 is 0 Å². The number of hydrogen-bond acceptors (Lipinski definition) is 1. The molecule has 0 unspecified atom stereocenters.